The molecule has 0 aromatic carbocycles. The van der Waals surface area contributed by atoms with Gasteiger partial charge in [0.25, 0.3) is 0 Å². The number of nitrogens with two attached hydrogens (primary N) is 2. The van der Waals surface area contributed by atoms with Crippen LogP contribution in [0.3, 0.4) is 0 Å². The Kier molecular flexibility index (Phi) is 4.27. The van der Waals surface area contributed by atoms with Crippen LogP contribution in [0.1, 0.15) is 18.3 Å². The lowest BCUT2D eigenvalue weighted by Crippen LogP contribution is -2.27. The highest BCUT2D eigenvalue weighted by molar-refractivity contribution is 6.54. The fourth-order valence-corrected chi connectivity index (χ4v) is 2.00. The molecule has 0 spiro atoms. The number of hydrogen-bond donors (Lipinski definition) is 2. The minimum atomic E-state index is 0.173. The Hall–Kier alpha value is -2.77. The molecule has 2 rings (SSSR count). The molecule has 0 radical (unpaired) electrons. The van der Waals surface area contributed by atoms with Gasteiger partial charge in [-0.05, 0) is 13.8 Å². The summed E-state index contributed by atoms with van der Waals surface area (Å²) >= 11 is 0. The van der Waals surface area contributed by atoms with Crippen molar-refractivity contribution >= 4 is 17.4 Å². The SMILES string of the molecule is C/C=C1/C(/C(N)=N/N)=NN(Cc2cnc(C)nc2)C1=NC. The molecule has 1 aromatic heterocycles. The molecule has 0 bridgehead atoms. The van der Waals surface area contributed by atoms with E-state index in [9.17, 15) is 0 Å². The first-order valence-corrected chi connectivity index (χ1v) is 6.42. The maximum atomic E-state index is 5.78. The van der Waals surface area contributed by atoms with Crippen molar-refractivity contribution < 1.29 is 0 Å². The average molecular weight is 286 g/mol. The first-order chi connectivity index (χ1) is 10.1. The van der Waals surface area contributed by atoms with Crippen LogP contribution in [0.25, 0.3) is 0 Å². The monoisotopic (exact) mass is 286 g/mol. The maximum Gasteiger partial charge on any atom is 0.171 e. The largest absolute Gasteiger partial charge is 0.380 e. The highest BCUT2D eigenvalue weighted by atomic mass is 15.5. The van der Waals surface area contributed by atoms with Crippen molar-refractivity contribution in [3.05, 3.63) is 35.4 Å². The summed E-state index contributed by atoms with van der Waals surface area (Å²) in [5.41, 5.74) is 8.03. The number of rotatable bonds is 3. The molecule has 1 aromatic rings. The van der Waals surface area contributed by atoms with Crippen LogP contribution in [0, 0.1) is 6.92 Å². The molecule has 0 fully saturated rings. The first kappa shape index (κ1) is 14.6. The van der Waals surface area contributed by atoms with E-state index in [1.54, 1.807) is 24.5 Å². The van der Waals surface area contributed by atoms with E-state index in [1.165, 1.54) is 0 Å². The normalized spacial score (nSPS) is 19.5. The summed E-state index contributed by atoms with van der Waals surface area (Å²) in [7, 11) is 1.70. The summed E-state index contributed by atoms with van der Waals surface area (Å²) in [5.74, 6) is 6.85. The summed E-state index contributed by atoms with van der Waals surface area (Å²) < 4.78 is 0. The van der Waals surface area contributed by atoms with Gasteiger partial charge in [-0.3, -0.25) is 4.99 Å². The molecular formula is C13H18N8. The van der Waals surface area contributed by atoms with Crippen molar-refractivity contribution in [2.24, 2.45) is 26.8 Å². The molecule has 0 amide bonds. The van der Waals surface area contributed by atoms with E-state index in [-0.39, 0.29) is 5.84 Å². The molecule has 0 saturated heterocycles. The van der Waals surface area contributed by atoms with E-state index >= 15 is 0 Å². The van der Waals surface area contributed by atoms with Crippen LogP contribution in [0.2, 0.25) is 0 Å². The molecule has 0 saturated carbocycles. The number of hydrogen-bond acceptors (Lipinski definition) is 6. The Morgan fingerprint density at radius 1 is 1.38 bits per heavy atom. The lowest BCUT2D eigenvalue weighted by atomic mass is 10.1. The second-order valence-electron chi connectivity index (χ2n) is 4.41. The highest BCUT2D eigenvalue weighted by Crippen LogP contribution is 2.19. The Labute approximate surface area is 123 Å². The zero-order valence-corrected chi connectivity index (χ0v) is 12.3. The molecule has 110 valence electrons. The summed E-state index contributed by atoms with van der Waals surface area (Å²) in [6, 6.07) is 0. The number of nitrogens with zero attached hydrogens (tertiary/aromatic N) is 6. The lowest BCUT2D eigenvalue weighted by molar-refractivity contribution is 0.448. The van der Waals surface area contributed by atoms with Crippen molar-refractivity contribution in [2.45, 2.75) is 20.4 Å². The summed E-state index contributed by atoms with van der Waals surface area (Å²) in [5, 5.41) is 9.68. The summed E-state index contributed by atoms with van der Waals surface area (Å²) in [4.78, 5) is 12.6. The Morgan fingerprint density at radius 2 is 2.05 bits per heavy atom. The topological polar surface area (TPSA) is 118 Å². The van der Waals surface area contributed by atoms with E-state index in [1.807, 2.05) is 19.9 Å². The second kappa shape index (κ2) is 6.12. The quantitative estimate of drug-likeness (QED) is 0.355. The van der Waals surface area contributed by atoms with Gasteiger partial charge in [0.2, 0.25) is 0 Å². The van der Waals surface area contributed by atoms with Crippen LogP contribution >= 0.6 is 0 Å². The molecule has 21 heavy (non-hydrogen) atoms. The van der Waals surface area contributed by atoms with Crippen LogP contribution in [0.15, 0.2) is 39.2 Å². The number of aryl methyl sites for hydroxylation is 1. The third-order valence-electron chi connectivity index (χ3n) is 3.01. The predicted octanol–water partition coefficient (Wildman–Crippen LogP) is 0.162. The van der Waals surface area contributed by atoms with Crippen molar-refractivity contribution in [2.75, 3.05) is 7.05 Å². The zero-order valence-electron chi connectivity index (χ0n) is 12.3. The summed E-state index contributed by atoms with van der Waals surface area (Å²) in [6.07, 6.45) is 5.41. The number of hydrazone groups is 2. The molecule has 8 nitrogen and oxygen atoms in total. The molecule has 2 heterocycles. The minimum Gasteiger partial charge on any atom is -0.380 e. The van der Waals surface area contributed by atoms with E-state index in [4.69, 9.17) is 11.6 Å². The molecule has 1 aliphatic rings. The fourth-order valence-electron chi connectivity index (χ4n) is 2.00. The van der Waals surface area contributed by atoms with Gasteiger partial charge < -0.3 is 11.6 Å². The Morgan fingerprint density at radius 3 is 2.57 bits per heavy atom. The zero-order chi connectivity index (χ0) is 15.4. The predicted molar refractivity (Wildman–Crippen MR) is 82.7 cm³/mol. The van der Waals surface area contributed by atoms with Gasteiger partial charge in [-0.25, -0.2) is 15.0 Å². The first-order valence-electron chi connectivity index (χ1n) is 6.42. The van der Waals surface area contributed by atoms with Crippen molar-refractivity contribution in [1.29, 1.82) is 0 Å². The number of allylic oxidation sites excluding steroid dienone is 1. The van der Waals surface area contributed by atoms with E-state index in [0.717, 1.165) is 17.0 Å². The van der Waals surface area contributed by atoms with E-state index in [2.05, 4.69) is 25.2 Å². The molecular weight excluding hydrogens is 268 g/mol. The molecule has 4 N–H and O–H groups in total. The van der Waals surface area contributed by atoms with Crippen LogP contribution in [-0.2, 0) is 6.54 Å². The van der Waals surface area contributed by atoms with Crippen molar-refractivity contribution in [3.63, 3.8) is 0 Å². The Bertz CT molecular complexity index is 639. The standard InChI is InChI=1S/C13H18N8/c1-4-10-11(12(14)19-15)20-21(13(10)16-3)7-9-5-17-8(2)18-6-9/h4-6H,7,15H2,1-3H3,(H2,14,19)/b10-4-,16-13?. The number of amidine groups is 2. The van der Waals surface area contributed by atoms with Gasteiger partial charge in [0.15, 0.2) is 11.7 Å². The smallest absolute Gasteiger partial charge is 0.171 e. The fraction of sp³-hybridized carbons (Fsp3) is 0.308. The molecule has 0 aliphatic carbocycles. The van der Waals surface area contributed by atoms with Gasteiger partial charge in [0.1, 0.15) is 11.5 Å². The van der Waals surface area contributed by atoms with Crippen LogP contribution in [0.4, 0.5) is 0 Å². The molecule has 8 heteroatoms. The number of aliphatic imine (C=N–C) groups is 1. The maximum absolute atomic E-state index is 5.78. The van der Waals surface area contributed by atoms with Gasteiger partial charge >= 0.3 is 0 Å². The summed E-state index contributed by atoms with van der Waals surface area (Å²) in [6.45, 7) is 4.22. The van der Waals surface area contributed by atoms with Gasteiger partial charge in [-0.15, -0.1) is 0 Å². The van der Waals surface area contributed by atoms with Gasteiger partial charge in [0, 0.05) is 30.6 Å². The Balaban J connectivity index is 2.34. The van der Waals surface area contributed by atoms with Crippen LogP contribution in [0.5, 0.6) is 0 Å². The second-order valence-corrected chi connectivity index (χ2v) is 4.41. The molecule has 0 atom stereocenters. The van der Waals surface area contributed by atoms with Gasteiger partial charge in [0.05, 0.1) is 6.54 Å². The third kappa shape index (κ3) is 2.88. The minimum absolute atomic E-state index is 0.173. The molecule has 0 unspecified atom stereocenters. The third-order valence-corrected chi connectivity index (χ3v) is 3.01. The van der Waals surface area contributed by atoms with E-state index in [0.29, 0.717) is 18.1 Å². The van der Waals surface area contributed by atoms with Gasteiger partial charge in [-0.2, -0.15) is 10.2 Å². The lowest BCUT2D eigenvalue weighted by Gasteiger charge is -2.14. The highest BCUT2D eigenvalue weighted by Gasteiger charge is 2.29. The van der Waals surface area contributed by atoms with E-state index < -0.39 is 0 Å². The number of aromatic nitrogens is 2. The average Bonchev–Trinajstić information content (AvgIpc) is 2.86. The van der Waals surface area contributed by atoms with Crippen molar-refractivity contribution in [3.8, 4) is 0 Å². The van der Waals surface area contributed by atoms with Crippen molar-refractivity contribution in [1.82, 2.24) is 15.0 Å². The van der Waals surface area contributed by atoms with Gasteiger partial charge in [-0.1, -0.05) is 6.08 Å². The molecule has 1 aliphatic heterocycles. The van der Waals surface area contributed by atoms with Crippen LogP contribution < -0.4 is 11.6 Å². The van der Waals surface area contributed by atoms with Crippen LogP contribution in [-0.4, -0.2) is 39.4 Å².